The van der Waals surface area contributed by atoms with Gasteiger partial charge in [-0.25, -0.2) is 0 Å². The highest BCUT2D eigenvalue weighted by Gasteiger charge is 2.20. The van der Waals surface area contributed by atoms with Crippen LogP contribution in [0.25, 0.3) is 55.7 Å². The van der Waals surface area contributed by atoms with Crippen LogP contribution in [0.5, 0.6) is 0 Å². The molecule has 10 rings (SSSR count). The first-order valence-electron chi connectivity index (χ1n) is 22.4. The quantitative estimate of drug-likeness (QED) is 0.119. The van der Waals surface area contributed by atoms with Crippen LogP contribution in [-0.4, -0.2) is 0 Å². The lowest BCUT2D eigenvalue weighted by Crippen LogP contribution is -1.99. The molecule has 1 nitrogen and oxygen atoms in total. The minimum Gasteiger partial charge on any atom is -0.192 e. The zero-order chi connectivity index (χ0) is 44.5. The summed E-state index contributed by atoms with van der Waals surface area (Å²) in [5.74, 6) is 0. The van der Waals surface area contributed by atoms with Gasteiger partial charge in [0.05, 0.1) is 11.6 Å². The van der Waals surface area contributed by atoms with Gasteiger partial charge in [0, 0.05) is 0 Å². The van der Waals surface area contributed by atoms with E-state index in [9.17, 15) is 5.26 Å². The van der Waals surface area contributed by atoms with Crippen LogP contribution in [0.15, 0.2) is 273 Å². The molecule has 0 fully saturated rings. The van der Waals surface area contributed by atoms with Gasteiger partial charge in [0.25, 0.3) is 0 Å². The summed E-state index contributed by atoms with van der Waals surface area (Å²) in [6.45, 7) is 0. The van der Waals surface area contributed by atoms with Gasteiger partial charge in [0.2, 0.25) is 0 Å². The summed E-state index contributed by atoms with van der Waals surface area (Å²) in [5, 5.41) is 9.44. The normalized spacial score (nSPS) is 10.7. The molecular formula is C65H45N. The largest absolute Gasteiger partial charge is 0.192 e. The van der Waals surface area contributed by atoms with Crippen molar-refractivity contribution in [2.45, 2.75) is 0 Å². The standard InChI is InChI=1S/C65H45N/c66-46-47-31-33-48(34-32-47)49-35-37-51(38-36-49)61-45-59(65(57-29-17-6-18-30-57)63(54-23-11-3-12-24-54)55-25-13-4-14-26-55)43-44-60(61)50-39-41-58(42-40-50)64(56-27-15-5-16-28-56)62(52-19-7-1-8-20-52)53-21-9-2-10-22-53/h1-45H. The molecule has 10 aromatic carbocycles. The number of benzene rings is 10. The fourth-order valence-electron chi connectivity index (χ4n) is 9.04. The van der Waals surface area contributed by atoms with E-state index in [0.29, 0.717) is 5.56 Å². The van der Waals surface area contributed by atoms with Gasteiger partial charge >= 0.3 is 0 Å². The molecule has 0 atom stereocenters. The maximum absolute atomic E-state index is 9.44. The fraction of sp³-hybridized carbons (Fsp3) is 0. The van der Waals surface area contributed by atoms with Gasteiger partial charge in [0.15, 0.2) is 0 Å². The summed E-state index contributed by atoms with van der Waals surface area (Å²) < 4.78 is 0. The molecule has 0 saturated heterocycles. The van der Waals surface area contributed by atoms with Gasteiger partial charge < -0.3 is 0 Å². The SMILES string of the molecule is N#Cc1ccc(-c2ccc(-c3cc(C(=C(c4ccccc4)c4ccccc4)c4ccccc4)ccc3-c3ccc(C(=C(c4ccccc4)c4ccccc4)c4ccccc4)cc3)cc2)cc1. The first kappa shape index (κ1) is 41.2. The molecule has 0 aliphatic carbocycles. The smallest absolute Gasteiger partial charge is 0.0991 e. The summed E-state index contributed by atoms with van der Waals surface area (Å²) in [4.78, 5) is 0. The highest BCUT2D eigenvalue weighted by atomic mass is 14.2. The summed E-state index contributed by atoms with van der Waals surface area (Å²) in [7, 11) is 0. The molecule has 0 spiro atoms. The van der Waals surface area contributed by atoms with Crippen LogP contribution in [0, 0.1) is 11.3 Å². The molecular weight excluding hydrogens is 795 g/mol. The summed E-state index contributed by atoms with van der Waals surface area (Å²) in [6, 6.07) is 99.5. The van der Waals surface area contributed by atoms with E-state index in [0.717, 1.165) is 72.3 Å². The molecule has 0 N–H and O–H groups in total. The predicted molar refractivity (Wildman–Crippen MR) is 276 cm³/mol. The van der Waals surface area contributed by atoms with Gasteiger partial charge in [-0.3, -0.25) is 0 Å². The molecule has 0 aliphatic heterocycles. The van der Waals surface area contributed by atoms with Crippen molar-refractivity contribution in [3.8, 4) is 39.4 Å². The van der Waals surface area contributed by atoms with Gasteiger partial charge in [-0.1, -0.05) is 255 Å². The highest BCUT2D eigenvalue weighted by molar-refractivity contribution is 6.06. The fourth-order valence-corrected chi connectivity index (χ4v) is 9.04. The van der Waals surface area contributed by atoms with E-state index >= 15 is 0 Å². The first-order valence-corrected chi connectivity index (χ1v) is 22.4. The van der Waals surface area contributed by atoms with E-state index in [-0.39, 0.29) is 0 Å². The Bertz CT molecular complexity index is 3230. The van der Waals surface area contributed by atoms with Crippen LogP contribution < -0.4 is 0 Å². The van der Waals surface area contributed by atoms with Crippen LogP contribution in [0.1, 0.15) is 50.1 Å². The van der Waals surface area contributed by atoms with Crippen molar-refractivity contribution >= 4 is 22.3 Å². The van der Waals surface area contributed by atoms with Crippen LogP contribution in [-0.2, 0) is 0 Å². The predicted octanol–water partition coefficient (Wildman–Crippen LogP) is 16.6. The highest BCUT2D eigenvalue weighted by Crippen LogP contribution is 2.43. The molecule has 10 aromatic rings. The minimum atomic E-state index is 0.651. The molecule has 1 heteroatoms. The van der Waals surface area contributed by atoms with Crippen molar-refractivity contribution < 1.29 is 0 Å². The molecule has 0 aromatic heterocycles. The molecule has 310 valence electrons. The second-order valence-corrected chi connectivity index (χ2v) is 16.3. The van der Waals surface area contributed by atoms with E-state index in [1.807, 2.05) is 24.3 Å². The van der Waals surface area contributed by atoms with Gasteiger partial charge in [-0.15, -0.1) is 0 Å². The maximum Gasteiger partial charge on any atom is 0.0991 e. The van der Waals surface area contributed by atoms with Crippen molar-refractivity contribution in [1.29, 1.82) is 5.26 Å². The van der Waals surface area contributed by atoms with Crippen LogP contribution in [0.4, 0.5) is 0 Å². The van der Waals surface area contributed by atoms with Crippen molar-refractivity contribution in [2.24, 2.45) is 0 Å². The van der Waals surface area contributed by atoms with Crippen LogP contribution in [0.2, 0.25) is 0 Å². The zero-order valence-electron chi connectivity index (χ0n) is 36.4. The average molecular weight is 840 g/mol. The van der Waals surface area contributed by atoms with E-state index in [1.165, 1.54) is 27.8 Å². The Morgan fingerprint density at radius 2 is 0.485 bits per heavy atom. The van der Waals surface area contributed by atoms with Crippen molar-refractivity contribution in [1.82, 2.24) is 0 Å². The number of hydrogen-bond donors (Lipinski definition) is 0. The Hall–Kier alpha value is -8.83. The van der Waals surface area contributed by atoms with Gasteiger partial charge in [0.1, 0.15) is 0 Å². The number of hydrogen-bond acceptors (Lipinski definition) is 1. The second kappa shape index (κ2) is 19.3. The van der Waals surface area contributed by atoms with Gasteiger partial charge in [-0.2, -0.15) is 5.26 Å². The third-order valence-electron chi connectivity index (χ3n) is 12.2. The topological polar surface area (TPSA) is 23.8 Å². The molecule has 0 saturated carbocycles. The monoisotopic (exact) mass is 839 g/mol. The summed E-state index contributed by atoms with van der Waals surface area (Å²) >= 11 is 0. The first-order chi connectivity index (χ1) is 32.7. The molecule has 0 radical (unpaired) electrons. The number of nitrogens with zero attached hydrogens (tertiary/aromatic N) is 1. The Morgan fingerprint density at radius 3 is 0.833 bits per heavy atom. The molecule has 0 bridgehead atoms. The molecule has 66 heavy (non-hydrogen) atoms. The molecule has 0 aliphatic rings. The molecule has 0 heterocycles. The lowest BCUT2D eigenvalue weighted by molar-refractivity contribution is 1.48. The zero-order valence-corrected chi connectivity index (χ0v) is 36.4. The Labute approximate surface area is 388 Å². The van der Waals surface area contributed by atoms with E-state index < -0.39 is 0 Å². The van der Waals surface area contributed by atoms with E-state index in [2.05, 4.69) is 255 Å². The summed E-state index contributed by atoms with van der Waals surface area (Å²) in [5.41, 5.74) is 21.3. The average Bonchev–Trinajstić information content (AvgIpc) is 3.41. The third kappa shape index (κ3) is 8.73. The second-order valence-electron chi connectivity index (χ2n) is 16.3. The third-order valence-corrected chi connectivity index (χ3v) is 12.2. The Kier molecular flexibility index (Phi) is 12.0. The molecule has 0 unspecified atom stereocenters. The molecule has 0 amide bonds. The maximum atomic E-state index is 9.44. The Morgan fingerprint density at radius 1 is 0.227 bits per heavy atom. The van der Waals surface area contributed by atoms with E-state index in [1.54, 1.807) is 0 Å². The lowest BCUT2D eigenvalue weighted by atomic mass is 9.83. The van der Waals surface area contributed by atoms with Crippen LogP contribution >= 0.6 is 0 Å². The minimum absolute atomic E-state index is 0.651. The number of rotatable bonds is 11. The lowest BCUT2D eigenvalue weighted by Gasteiger charge is -2.21. The summed E-state index contributed by atoms with van der Waals surface area (Å²) in [6.07, 6.45) is 0. The van der Waals surface area contributed by atoms with Crippen molar-refractivity contribution in [2.75, 3.05) is 0 Å². The number of nitriles is 1. The van der Waals surface area contributed by atoms with Crippen LogP contribution in [0.3, 0.4) is 0 Å². The van der Waals surface area contributed by atoms with Crippen molar-refractivity contribution in [3.63, 3.8) is 0 Å². The van der Waals surface area contributed by atoms with E-state index in [4.69, 9.17) is 0 Å². The van der Waals surface area contributed by atoms with Gasteiger partial charge in [-0.05, 0) is 118 Å². The van der Waals surface area contributed by atoms with Crippen molar-refractivity contribution in [3.05, 3.63) is 323 Å². The Balaban J connectivity index is 1.18.